The van der Waals surface area contributed by atoms with Crippen LogP contribution in [-0.4, -0.2) is 32.2 Å². The van der Waals surface area contributed by atoms with Crippen LogP contribution in [0.5, 0.6) is 17.2 Å². The molecule has 1 N–H and O–H groups in total. The average Bonchev–Trinajstić information content (AvgIpc) is 2.61. The Bertz CT molecular complexity index is 791. The largest absolute Gasteiger partial charge is 0.494 e. The Kier molecular flexibility index (Phi) is 5.78. The molecule has 8 heteroatoms. The molecule has 0 aliphatic rings. The van der Waals surface area contributed by atoms with Gasteiger partial charge in [0, 0.05) is 6.07 Å². The molecule has 0 bridgehead atoms. The molecule has 0 atom stereocenters. The molecule has 1 amide bonds. The third-order valence-corrected chi connectivity index (χ3v) is 3.48. The first-order valence-corrected chi connectivity index (χ1v) is 7.31. The summed E-state index contributed by atoms with van der Waals surface area (Å²) in [6.45, 7) is 0. The number of anilines is 1. The standard InChI is InChI=1S/C17H18N2O6/c1-23-14-7-4-11(8-16(14)25-3)9-17(20)18-13-6-5-12(19(21)22)10-15(13)24-2/h4-8,10H,9H2,1-3H3,(H,18,20). The van der Waals surface area contributed by atoms with Gasteiger partial charge < -0.3 is 19.5 Å². The zero-order valence-corrected chi connectivity index (χ0v) is 14.1. The molecular formula is C17H18N2O6. The van der Waals surface area contributed by atoms with E-state index < -0.39 is 4.92 Å². The van der Waals surface area contributed by atoms with Crippen molar-refractivity contribution in [2.45, 2.75) is 6.42 Å². The Morgan fingerprint density at radius 2 is 1.68 bits per heavy atom. The van der Waals surface area contributed by atoms with E-state index in [4.69, 9.17) is 14.2 Å². The molecule has 132 valence electrons. The quantitative estimate of drug-likeness (QED) is 0.611. The third kappa shape index (κ3) is 4.37. The van der Waals surface area contributed by atoms with Crippen LogP contribution in [0, 0.1) is 10.1 Å². The minimum absolute atomic E-state index is 0.0977. The van der Waals surface area contributed by atoms with Gasteiger partial charge in [-0.05, 0) is 23.8 Å². The van der Waals surface area contributed by atoms with E-state index in [2.05, 4.69) is 5.32 Å². The molecule has 0 aliphatic heterocycles. The number of nitrogens with one attached hydrogen (secondary N) is 1. The lowest BCUT2D eigenvalue weighted by atomic mass is 10.1. The van der Waals surface area contributed by atoms with Gasteiger partial charge in [0.2, 0.25) is 5.91 Å². The first kappa shape index (κ1) is 18.1. The van der Waals surface area contributed by atoms with Crippen LogP contribution in [0.3, 0.4) is 0 Å². The summed E-state index contributed by atoms with van der Waals surface area (Å²) in [7, 11) is 4.43. The van der Waals surface area contributed by atoms with Crippen LogP contribution in [0.2, 0.25) is 0 Å². The molecule has 0 fully saturated rings. The number of rotatable bonds is 7. The van der Waals surface area contributed by atoms with Gasteiger partial charge in [-0.25, -0.2) is 0 Å². The van der Waals surface area contributed by atoms with Crippen molar-refractivity contribution < 1.29 is 23.9 Å². The van der Waals surface area contributed by atoms with E-state index in [9.17, 15) is 14.9 Å². The Labute approximate surface area is 144 Å². The molecule has 0 aliphatic carbocycles. The molecule has 0 saturated carbocycles. The van der Waals surface area contributed by atoms with Crippen LogP contribution >= 0.6 is 0 Å². The average molecular weight is 346 g/mol. The second-order valence-electron chi connectivity index (χ2n) is 5.06. The number of amides is 1. The zero-order chi connectivity index (χ0) is 18.4. The van der Waals surface area contributed by atoms with Crippen LogP contribution in [0.4, 0.5) is 11.4 Å². The number of nitro groups is 1. The van der Waals surface area contributed by atoms with Crippen molar-refractivity contribution in [2.75, 3.05) is 26.6 Å². The molecule has 0 spiro atoms. The van der Waals surface area contributed by atoms with Gasteiger partial charge >= 0.3 is 0 Å². The number of non-ortho nitro benzene ring substituents is 1. The number of nitro benzene ring substituents is 1. The highest BCUT2D eigenvalue weighted by molar-refractivity contribution is 5.94. The van der Waals surface area contributed by atoms with Crippen LogP contribution in [0.25, 0.3) is 0 Å². The minimum Gasteiger partial charge on any atom is -0.494 e. The van der Waals surface area contributed by atoms with Crippen LogP contribution < -0.4 is 19.5 Å². The summed E-state index contributed by atoms with van der Waals surface area (Å²) in [6.07, 6.45) is 0.0977. The lowest BCUT2D eigenvalue weighted by molar-refractivity contribution is -0.384. The number of ether oxygens (including phenoxy) is 3. The molecule has 0 radical (unpaired) electrons. The Morgan fingerprint density at radius 3 is 2.28 bits per heavy atom. The topological polar surface area (TPSA) is 99.9 Å². The van der Waals surface area contributed by atoms with Gasteiger partial charge in [-0.2, -0.15) is 0 Å². The van der Waals surface area contributed by atoms with E-state index in [1.165, 1.54) is 39.5 Å². The smallest absolute Gasteiger partial charge is 0.273 e. The van der Waals surface area contributed by atoms with Crippen molar-refractivity contribution in [1.82, 2.24) is 0 Å². The van der Waals surface area contributed by atoms with Gasteiger partial charge in [0.05, 0.1) is 44.4 Å². The summed E-state index contributed by atoms with van der Waals surface area (Å²) in [6, 6.07) is 9.18. The SMILES string of the molecule is COc1cc([N+](=O)[O-])ccc1NC(=O)Cc1ccc(OC)c(OC)c1. The molecule has 25 heavy (non-hydrogen) atoms. The molecule has 0 heterocycles. The van der Waals surface area contributed by atoms with E-state index in [0.717, 1.165) is 5.56 Å². The number of methoxy groups -OCH3 is 3. The lowest BCUT2D eigenvalue weighted by Gasteiger charge is -2.11. The van der Waals surface area contributed by atoms with Gasteiger partial charge in [-0.3, -0.25) is 14.9 Å². The maximum Gasteiger partial charge on any atom is 0.273 e. The third-order valence-electron chi connectivity index (χ3n) is 3.48. The second-order valence-corrected chi connectivity index (χ2v) is 5.06. The maximum atomic E-state index is 12.3. The van der Waals surface area contributed by atoms with Gasteiger partial charge in [0.25, 0.3) is 5.69 Å². The molecule has 8 nitrogen and oxygen atoms in total. The maximum absolute atomic E-state index is 12.3. The van der Waals surface area contributed by atoms with Crippen molar-refractivity contribution >= 4 is 17.3 Å². The van der Waals surface area contributed by atoms with Gasteiger partial charge in [-0.1, -0.05) is 6.07 Å². The van der Waals surface area contributed by atoms with Crippen molar-refractivity contribution in [3.63, 3.8) is 0 Å². The fourth-order valence-corrected chi connectivity index (χ4v) is 2.27. The van der Waals surface area contributed by atoms with Gasteiger partial charge in [0.1, 0.15) is 5.75 Å². The van der Waals surface area contributed by atoms with Crippen molar-refractivity contribution in [1.29, 1.82) is 0 Å². The minimum atomic E-state index is -0.530. The Balaban J connectivity index is 2.14. The predicted octanol–water partition coefficient (Wildman–Crippen LogP) is 2.80. The summed E-state index contributed by atoms with van der Waals surface area (Å²) in [5.74, 6) is 1.03. The first-order valence-electron chi connectivity index (χ1n) is 7.31. The lowest BCUT2D eigenvalue weighted by Crippen LogP contribution is -2.15. The Hall–Kier alpha value is -3.29. The van der Waals surface area contributed by atoms with E-state index in [-0.39, 0.29) is 23.8 Å². The number of nitrogens with zero attached hydrogens (tertiary/aromatic N) is 1. The summed E-state index contributed by atoms with van der Waals surface area (Å²) >= 11 is 0. The summed E-state index contributed by atoms with van der Waals surface area (Å²) in [4.78, 5) is 22.5. The molecule has 0 aromatic heterocycles. The van der Waals surface area contributed by atoms with Crippen molar-refractivity contribution in [2.24, 2.45) is 0 Å². The monoisotopic (exact) mass is 346 g/mol. The van der Waals surface area contributed by atoms with Gasteiger partial charge in [-0.15, -0.1) is 0 Å². The Morgan fingerprint density at radius 1 is 1.00 bits per heavy atom. The summed E-state index contributed by atoms with van der Waals surface area (Å²) < 4.78 is 15.5. The highest BCUT2D eigenvalue weighted by Crippen LogP contribution is 2.30. The highest BCUT2D eigenvalue weighted by atomic mass is 16.6. The summed E-state index contributed by atoms with van der Waals surface area (Å²) in [5, 5.41) is 13.5. The van der Waals surface area contributed by atoms with Crippen LogP contribution in [0.1, 0.15) is 5.56 Å². The second kappa shape index (κ2) is 8.00. The highest BCUT2D eigenvalue weighted by Gasteiger charge is 2.14. The molecule has 2 aromatic rings. The molecular weight excluding hydrogens is 328 g/mol. The predicted molar refractivity (Wildman–Crippen MR) is 91.5 cm³/mol. The van der Waals surface area contributed by atoms with E-state index in [0.29, 0.717) is 17.2 Å². The summed E-state index contributed by atoms with van der Waals surface area (Å²) in [5.41, 5.74) is 0.976. The van der Waals surface area contributed by atoms with E-state index in [1.54, 1.807) is 18.2 Å². The number of carbonyl (C=O) groups excluding carboxylic acids is 1. The molecule has 2 aromatic carbocycles. The first-order chi connectivity index (χ1) is 12.0. The van der Waals surface area contributed by atoms with Crippen LogP contribution in [0.15, 0.2) is 36.4 Å². The van der Waals surface area contributed by atoms with Crippen molar-refractivity contribution in [3.8, 4) is 17.2 Å². The molecule has 2 rings (SSSR count). The number of benzene rings is 2. The van der Waals surface area contributed by atoms with E-state index >= 15 is 0 Å². The molecule has 0 saturated heterocycles. The molecule has 0 unspecified atom stereocenters. The zero-order valence-electron chi connectivity index (χ0n) is 14.1. The number of hydrogen-bond acceptors (Lipinski definition) is 6. The fourth-order valence-electron chi connectivity index (χ4n) is 2.27. The normalized spacial score (nSPS) is 10.0. The van der Waals surface area contributed by atoms with Crippen LogP contribution in [-0.2, 0) is 11.2 Å². The fraction of sp³-hybridized carbons (Fsp3) is 0.235. The number of carbonyl (C=O) groups is 1. The van der Waals surface area contributed by atoms with Crippen molar-refractivity contribution in [3.05, 3.63) is 52.1 Å². The van der Waals surface area contributed by atoms with Gasteiger partial charge in [0.15, 0.2) is 11.5 Å². The van der Waals surface area contributed by atoms with E-state index in [1.807, 2.05) is 0 Å². The number of hydrogen-bond donors (Lipinski definition) is 1.